The maximum Gasteiger partial charge on any atom is 0.287 e. The van der Waals surface area contributed by atoms with Gasteiger partial charge >= 0.3 is 0 Å². The highest BCUT2D eigenvalue weighted by molar-refractivity contribution is 7.80. The summed E-state index contributed by atoms with van der Waals surface area (Å²) in [5, 5.41) is 9.78. The van der Waals surface area contributed by atoms with E-state index in [2.05, 4.69) is 26.4 Å². The second-order valence-electron chi connectivity index (χ2n) is 5.07. The summed E-state index contributed by atoms with van der Waals surface area (Å²) < 4.78 is 12.8. The van der Waals surface area contributed by atoms with Crippen LogP contribution in [0.15, 0.2) is 60.7 Å². The maximum absolute atomic E-state index is 12.8. The van der Waals surface area contributed by atoms with Gasteiger partial charge in [-0.25, -0.2) is 4.39 Å². The molecule has 2 aromatic carbocycles. The summed E-state index contributed by atoms with van der Waals surface area (Å²) in [7, 11) is 0. The minimum Gasteiger partial charge on any atom is -0.331 e. The molecule has 0 atom stereocenters. The molecule has 0 bridgehead atoms. The average molecular weight is 355 g/mol. The van der Waals surface area contributed by atoms with Crippen LogP contribution in [0.3, 0.4) is 0 Å². The lowest BCUT2D eigenvalue weighted by Gasteiger charge is -2.10. The van der Waals surface area contributed by atoms with E-state index in [-0.39, 0.29) is 16.6 Å². The summed E-state index contributed by atoms with van der Waals surface area (Å²) >= 11 is 5.06. The zero-order valence-corrected chi connectivity index (χ0v) is 13.7. The lowest BCUT2D eigenvalue weighted by atomic mass is 10.1. The standard InChI is InChI=1S/C17H14FN5OS/c18-12-6-8-13(9-7-12)19-17(25)23-22-16(24)15-10-14(20-21-15)11-4-2-1-3-5-11/h1-10H,(H,20,21)(H,22,24)(H2,19,23,25). The molecule has 0 saturated heterocycles. The Morgan fingerprint density at radius 2 is 1.76 bits per heavy atom. The molecular weight excluding hydrogens is 341 g/mol. The number of hydrazine groups is 1. The monoisotopic (exact) mass is 355 g/mol. The Balaban J connectivity index is 1.55. The third kappa shape index (κ3) is 4.39. The van der Waals surface area contributed by atoms with Gasteiger partial charge in [0, 0.05) is 11.3 Å². The molecule has 4 N–H and O–H groups in total. The summed E-state index contributed by atoms with van der Waals surface area (Å²) in [6, 6.07) is 16.8. The van der Waals surface area contributed by atoms with Crippen molar-refractivity contribution in [3.63, 3.8) is 0 Å². The number of benzene rings is 2. The van der Waals surface area contributed by atoms with Crippen molar-refractivity contribution in [1.29, 1.82) is 0 Å². The van der Waals surface area contributed by atoms with Crippen molar-refractivity contribution in [2.45, 2.75) is 0 Å². The van der Waals surface area contributed by atoms with Gasteiger partial charge < -0.3 is 5.32 Å². The van der Waals surface area contributed by atoms with E-state index in [0.29, 0.717) is 11.4 Å². The van der Waals surface area contributed by atoms with Crippen LogP contribution in [0.1, 0.15) is 10.5 Å². The van der Waals surface area contributed by atoms with Crippen LogP contribution in [-0.4, -0.2) is 21.2 Å². The highest BCUT2D eigenvalue weighted by Gasteiger charge is 2.11. The molecule has 1 aromatic heterocycles. The first-order valence-corrected chi connectivity index (χ1v) is 7.76. The molecule has 0 radical (unpaired) electrons. The van der Waals surface area contributed by atoms with E-state index in [9.17, 15) is 9.18 Å². The number of thiocarbonyl (C=S) groups is 1. The van der Waals surface area contributed by atoms with Crippen molar-refractivity contribution in [2.75, 3.05) is 5.32 Å². The van der Waals surface area contributed by atoms with E-state index in [4.69, 9.17) is 12.2 Å². The number of aromatic nitrogens is 2. The van der Waals surface area contributed by atoms with Crippen molar-refractivity contribution >= 4 is 28.9 Å². The van der Waals surface area contributed by atoms with Crippen LogP contribution >= 0.6 is 12.2 Å². The number of aromatic amines is 1. The first kappa shape index (κ1) is 16.6. The predicted molar refractivity (Wildman–Crippen MR) is 97.2 cm³/mol. The zero-order chi connectivity index (χ0) is 17.6. The van der Waals surface area contributed by atoms with E-state index in [1.807, 2.05) is 30.3 Å². The lowest BCUT2D eigenvalue weighted by Crippen LogP contribution is -2.43. The second-order valence-corrected chi connectivity index (χ2v) is 5.48. The molecule has 6 nitrogen and oxygen atoms in total. The number of hydrogen-bond acceptors (Lipinski definition) is 3. The Bertz CT molecular complexity index is 880. The van der Waals surface area contributed by atoms with Gasteiger partial charge in [-0.1, -0.05) is 30.3 Å². The van der Waals surface area contributed by atoms with E-state index in [1.54, 1.807) is 6.07 Å². The number of H-pyrrole nitrogens is 1. The fourth-order valence-corrected chi connectivity index (χ4v) is 2.24. The van der Waals surface area contributed by atoms with Gasteiger partial charge in [0.1, 0.15) is 11.5 Å². The molecule has 8 heteroatoms. The topological polar surface area (TPSA) is 81.8 Å². The van der Waals surface area contributed by atoms with Gasteiger partial charge in [0.15, 0.2) is 5.11 Å². The number of amides is 1. The molecule has 0 aliphatic heterocycles. The Hall–Kier alpha value is -3.26. The quantitative estimate of drug-likeness (QED) is 0.429. The number of carbonyl (C=O) groups excluding carboxylic acids is 1. The highest BCUT2D eigenvalue weighted by atomic mass is 32.1. The number of carbonyl (C=O) groups is 1. The van der Waals surface area contributed by atoms with Gasteiger partial charge in [-0.05, 0) is 42.5 Å². The SMILES string of the molecule is O=C(NNC(=S)Nc1ccc(F)cc1)c1cc(-c2ccccc2)n[nH]1. The zero-order valence-electron chi connectivity index (χ0n) is 12.9. The molecule has 0 spiro atoms. The van der Waals surface area contributed by atoms with Crippen LogP contribution < -0.4 is 16.2 Å². The number of nitrogens with zero attached hydrogens (tertiary/aromatic N) is 1. The maximum atomic E-state index is 12.8. The summed E-state index contributed by atoms with van der Waals surface area (Å²) in [4.78, 5) is 12.1. The molecule has 25 heavy (non-hydrogen) atoms. The third-order valence-corrected chi connectivity index (χ3v) is 3.49. The van der Waals surface area contributed by atoms with Crippen LogP contribution in [0.2, 0.25) is 0 Å². The van der Waals surface area contributed by atoms with Crippen LogP contribution in [0.4, 0.5) is 10.1 Å². The molecule has 0 aliphatic carbocycles. The first-order chi connectivity index (χ1) is 12.1. The van der Waals surface area contributed by atoms with Crippen molar-refractivity contribution in [3.8, 4) is 11.3 Å². The smallest absolute Gasteiger partial charge is 0.287 e. The number of anilines is 1. The fourth-order valence-electron chi connectivity index (χ4n) is 2.07. The van der Waals surface area contributed by atoms with Gasteiger partial charge in [-0.3, -0.25) is 20.7 Å². The van der Waals surface area contributed by atoms with E-state index >= 15 is 0 Å². The molecule has 1 amide bonds. The first-order valence-electron chi connectivity index (χ1n) is 7.35. The molecular formula is C17H14FN5OS. The Morgan fingerprint density at radius 3 is 2.48 bits per heavy atom. The summed E-state index contributed by atoms with van der Waals surface area (Å²) in [6.45, 7) is 0. The lowest BCUT2D eigenvalue weighted by molar-refractivity contribution is 0.0939. The summed E-state index contributed by atoms with van der Waals surface area (Å²) in [6.07, 6.45) is 0. The number of nitrogens with one attached hydrogen (secondary N) is 4. The minimum absolute atomic E-state index is 0.169. The van der Waals surface area contributed by atoms with Crippen LogP contribution in [0.25, 0.3) is 11.3 Å². The van der Waals surface area contributed by atoms with Gasteiger partial charge in [0.05, 0.1) is 5.69 Å². The van der Waals surface area contributed by atoms with Crippen LogP contribution in [0, 0.1) is 5.82 Å². The van der Waals surface area contributed by atoms with E-state index in [1.165, 1.54) is 24.3 Å². The normalized spacial score (nSPS) is 10.1. The van der Waals surface area contributed by atoms with Crippen molar-refractivity contribution in [2.24, 2.45) is 0 Å². The average Bonchev–Trinajstić information content (AvgIpc) is 3.13. The highest BCUT2D eigenvalue weighted by Crippen LogP contribution is 2.16. The van der Waals surface area contributed by atoms with Crippen LogP contribution in [0.5, 0.6) is 0 Å². The van der Waals surface area contributed by atoms with Gasteiger partial charge in [-0.2, -0.15) is 5.10 Å². The molecule has 0 fully saturated rings. The molecule has 3 aromatic rings. The largest absolute Gasteiger partial charge is 0.331 e. The second kappa shape index (κ2) is 7.54. The van der Waals surface area contributed by atoms with E-state index < -0.39 is 5.91 Å². The van der Waals surface area contributed by atoms with Crippen molar-refractivity contribution < 1.29 is 9.18 Å². The molecule has 0 saturated carbocycles. The van der Waals surface area contributed by atoms with E-state index in [0.717, 1.165) is 5.56 Å². The molecule has 3 rings (SSSR count). The fraction of sp³-hybridized carbons (Fsp3) is 0. The van der Waals surface area contributed by atoms with Crippen LogP contribution in [-0.2, 0) is 0 Å². The summed E-state index contributed by atoms with van der Waals surface area (Å²) in [5.41, 5.74) is 7.48. The molecule has 0 aliphatic rings. The number of hydrogen-bond donors (Lipinski definition) is 4. The Labute approximate surface area is 148 Å². The Morgan fingerprint density at radius 1 is 1.04 bits per heavy atom. The molecule has 0 unspecified atom stereocenters. The molecule has 1 heterocycles. The third-order valence-electron chi connectivity index (χ3n) is 3.28. The van der Waals surface area contributed by atoms with Gasteiger partial charge in [0.25, 0.3) is 5.91 Å². The predicted octanol–water partition coefficient (Wildman–Crippen LogP) is 2.85. The van der Waals surface area contributed by atoms with Gasteiger partial charge in [0.2, 0.25) is 0 Å². The molecule has 126 valence electrons. The minimum atomic E-state index is -0.419. The summed E-state index contributed by atoms with van der Waals surface area (Å²) in [5.74, 6) is -0.760. The van der Waals surface area contributed by atoms with Gasteiger partial charge in [-0.15, -0.1) is 0 Å². The number of halogens is 1. The van der Waals surface area contributed by atoms with Crippen molar-refractivity contribution in [3.05, 3.63) is 72.2 Å². The van der Waals surface area contributed by atoms with Crippen molar-refractivity contribution in [1.82, 2.24) is 21.0 Å². The number of rotatable bonds is 3. The Kier molecular flexibility index (Phi) is 5.00.